The van der Waals surface area contributed by atoms with Crippen LogP contribution in [0.3, 0.4) is 0 Å². The summed E-state index contributed by atoms with van der Waals surface area (Å²) in [6.07, 6.45) is -3.29. The van der Waals surface area contributed by atoms with Gasteiger partial charge in [0.05, 0.1) is 12.8 Å². The number of methoxy groups -OCH3 is 1. The van der Waals surface area contributed by atoms with Crippen molar-refractivity contribution in [3.8, 4) is 17.0 Å². The standard InChI is InChI=1S/C18H16F4N4O2/c1-9-4-14(11-5-12(19)7-13(6-11)28-3)25-16-15(23-8-26(9)16)17(27)24-10(2)18(20,21)22/h4-8,10H,1-3H3,(H,24,27)/t10-/m1/s1. The van der Waals surface area contributed by atoms with Gasteiger partial charge >= 0.3 is 6.18 Å². The topological polar surface area (TPSA) is 68.5 Å². The summed E-state index contributed by atoms with van der Waals surface area (Å²) < 4.78 is 58.5. The van der Waals surface area contributed by atoms with Gasteiger partial charge in [-0.05, 0) is 32.0 Å². The lowest BCUT2D eigenvalue weighted by molar-refractivity contribution is -0.149. The summed E-state index contributed by atoms with van der Waals surface area (Å²) in [6.45, 7) is 2.54. The Labute approximate surface area is 157 Å². The minimum absolute atomic E-state index is 0.0603. The van der Waals surface area contributed by atoms with E-state index in [2.05, 4.69) is 9.97 Å². The number of aromatic nitrogens is 3. The van der Waals surface area contributed by atoms with E-state index in [1.54, 1.807) is 19.1 Å². The average molecular weight is 396 g/mol. The SMILES string of the molecule is COc1cc(F)cc(-c2cc(C)n3cnc(C(=O)N[C@H](C)C(F)(F)F)c3n2)c1. The first-order chi connectivity index (χ1) is 13.1. The van der Waals surface area contributed by atoms with Gasteiger partial charge in [0, 0.05) is 17.3 Å². The summed E-state index contributed by atoms with van der Waals surface area (Å²) in [6, 6.07) is 3.59. The Balaban J connectivity index is 2.06. The predicted octanol–water partition coefficient (Wildman–Crippen LogP) is 3.53. The number of imidazole rings is 1. The third-order valence-electron chi connectivity index (χ3n) is 4.15. The third kappa shape index (κ3) is 3.75. The van der Waals surface area contributed by atoms with E-state index < -0.39 is 23.9 Å². The fourth-order valence-corrected chi connectivity index (χ4v) is 2.60. The smallest absolute Gasteiger partial charge is 0.408 e. The molecule has 0 aliphatic carbocycles. The van der Waals surface area contributed by atoms with E-state index in [1.807, 2.05) is 5.32 Å². The van der Waals surface area contributed by atoms with E-state index in [4.69, 9.17) is 4.74 Å². The van der Waals surface area contributed by atoms with Crippen molar-refractivity contribution in [3.05, 3.63) is 47.8 Å². The summed E-state index contributed by atoms with van der Waals surface area (Å²) >= 11 is 0. The highest BCUT2D eigenvalue weighted by atomic mass is 19.4. The zero-order valence-corrected chi connectivity index (χ0v) is 15.1. The lowest BCUT2D eigenvalue weighted by Gasteiger charge is -2.16. The van der Waals surface area contributed by atoms with Crippen LogP contribution in [0.1, 0.15) is 23.1 Å². The first-order valence-electron chi connectivity index (χ1n) is 8.17. The van der Waals surface area contributed by atoms with E-state index in [0.29, 0.717) is 17.0 Å². The first-order valence-corrected chi connectivity index (χ1v) is 8.17. The van der Waals surface area contributed by atoms with Gasteiger partial charge in [-0.1, -0.05) is 0 Å². The molecule has 3 aromatic rings. The maximum absolute atomic E-state index is 13.8. The number of aryl methyl sites for hydroxylation is 1. The van der Waals surface area contributed by atoms with Gasteiger partial charge in [0.15, 0.2) is 11.3 Å². The molecule has 1 aromatic carbocycles. The molecular weight excluding hydrogens is 380 g/mol. The molecule has 0 bridgehead atoms. The van der Waals surface area contributed by atoms with Gasteiger partial charge < -0.3 is 10.1 Å². The summed E-state index contributed by atoms with van der Waals surface area (Å²) in [5.41, 5.74) is 1.12. The molecular formula is C18H16F4N4O2. The average Bonchev–Trinajstić information content (AvgIpc) is 3.04. The van der Waals surface area contributed by atoms with Crippen LogP contribution in [-0.2, 0) is 0 Å². The Morgan fingerprint density at radius 1 is 1.25 bits per heavy atom. The summed E-state index contributed by atoms with van der Waals surface area (Å²) in [5.74, 6) is -1.27. The van der Waals surface area contributed by atoms with Crippen molar-refractivity contribution in [2.24, 2.45) is 0 Å². The molecule has 0 fully saturated rings. The Morgan fingerprint density at radius 2 is 1.96 bits per heavy atom. The normalized spacial score (nSPS) is 12.8. The molecule has 0 unspecified atom stereocenters. The number of nitrogens with one attached hydrogen (secondary N) is 1. The molecule has 28 heavy (non-hydrogen) atoms. The second-order valence-electron chi connectivity index (χ2n) is 6.19. The number of amides is 1. The van der Waals surface area contributed by atoms with Gasteiger partial charge in [-0.3, -0.25) is 9.20 Å². The zero-order valence-electron chi connectivity index (χ0n) is 15.1. The second-order valence-corrected chi connectivity index (χ2v) is 6.19. The van der Waals surface area contributed by atoms with Crippen LogP contribution in [0.4, 0.5) is 17.6 Å². The molecule has 0 saturated carbocycles. The number of halogens is 4. The summed E-state index contributed by atoms with van der Waals surface area (Å²) in [5, 5.41) is 1.86. The van der Waals surface area contributed by atoms with E-state index in [1.165, 1.54) is 30.0 Å². The van der Waals surface area contributed by atoms with Crippen LogP contribution in [0.5, 0.6) is 5.75 Å². The van der Waals surface area contributed by atoms with Crippen LogP contribution in [-0.4, -0.2) is 39.6 Å². The number of hydrogen-bond acceptors (Lipinski definition) is 4. The molecule has 148 valence electrons. The fraction of sp³-hybridized carbons (Fsp3) is 0.278. The molecule has 0 saturated heterocycles. The number of benzene rings is 1. The molecule has 0 aliphatic rings. The van der Waals surface area contributed by atoms with Crippen LogP contribution in [0, 0.1) is 12.7 Å². The Hall–Kier alpha value is -3.17. The minimum atomic E-state index is -4.59. The zero-order chi connectivity index (χ0) is 20.6. The summed E-state index contributed by atoms with van der Waals surface area (Å²) in [7, 11) is 1.39. The number of nitrogens with zero attached hydrogens (tertiary/aromatic N) is 3. The molecule has 1 atom stereocenters. The van der Waals surface area contributed by atoms with Crippen LogP contribution < -0.4 is 10.1 Å². The predicted molar refractivity (Wildman–Crippen MR) is 92.7 cm³/mol. The molecule has 2 heterocycles. The lowest BCUT2D eigenvalue weighted by atomic mass is 10.1. The van der Waals surface area contributed by atoms with Gasteiger partial charge in [0.2, 0.25) is 0 Å². The number of carbonyl (C=O) groups excluding carboxylic acids is 1. The second kappa shape index (κ2) is 7.10. The van der Waals surface area contributed by atoms with Crippen molar-refractivity contribution in [3.63, 3.8) is 0 Å². The monoisotopic (exact) mass is 396 g/mol. The van der Waals surface area contributed by atoms with Crippen LogP contribution in [0.15, 0.2) is 30.6 Å². The highest BCUT2D eigenvalue weighted by Gasteiger charge is 2.37. The molecule has 0 spiro atoms. The van der Waals surface area contributed by atoms with Gasteiger partial charge in [0.25, 0.3) is 5.91 Å². The van der Waals surface area contributed by atoms with Crippen LogP contribution in [0.25, 0.3) is 16.9 Å². The Kier molecular flexibility index (Phi) is 4.97. The lowest BCUT2D eigenvalue weighted by Crippen LogP contribution is -2.43. The molecule has 0 aliphatic heterocycles. The molecule has 10 heteroatoms. The number of alkyl halides is 3. The molecule has 3 rings (SSSR count). The maximum atomic E-state index is 13.8. The maximum Gasteiger partial charge on any atom is 0.408 e. The molecule has 6 nitrogen and oxygen atoms in total. The molecule has 1 N–H and O–H groups in total. The van der Waals surface area contributed by atoms with Crippen molar-refractivity contribution < 1.29 is 27.1 Å². The minimum Gasteiger partial charge on any atom is -0.497 e. The number of hydrogen-bond donors (Lipinski definition) is 1. The quantitative estimate of drug-likeness (QED) is 0.685. The van der Waals surface area contributed by atoms with Crippen molar-refractivity contribution in [1.82, 2.24) is 19.7 Å². The van der Waals surface area contributed by atoms with Gasteiger partial charge in [-0.25, -0.2) is 14.4 Å². The van der Waals surface area contributed by atoms with Crippen molar-refractivity contribution in [2.45, 2.75) is 26.1 Å². The summed E-state index contributed by atoms with van der Waals surface area (Å²) in [4.78, 5) is 20.5. The van der Waals surface area contributed by atoms with Crippen molar-refractivity contribution in [1.29, 1.82) is 0 Å². The van der Waals surface area contributed by atoms with Gasteiger partial charge in [-0.2, -0.15) is 13.2 Å². The molecule has 1 amide bonds. The largest absolute Gasteiger partial charge is 0.497 e. The highest BCUT2D eigenvalue weighted by molar-refractivity contribution is 5.98. The Morgan fingerprint density at radius 3 is 2.61 bits per heavy atom. The van der Waals surface area contributed by atoms with Crippen LogP contribution >= 0.6 is 0 Å². The van der Waals surface area contributed by atoms with Gasteiger partial charge in [0.1, 0.15) is 23.9 Å². The molecule has 2 aromatic heterocycles. The molecule has 0 radical (unpaired) electrons. The van der Waals surface area contributed by atoms with Crippen molar-refractivity contribution >= 4 is 11.6 Å². The number of carbonyl (C=O) groups is 1. The van der Waals surface area contributed by atoms with Crippen molar-refractivity contribution in [2.75, 3.05) is 7.11 Å². The number of rotatable bonds is 4. The number of fused-ring (bicyclic) bond motifs is 1. The fourth-order valence-electron chi connectivity index (χ4n) is 2.60. The van der Waals surface area contributed by atoms with Gasteiger partial charge in [-0.15, -0.1) is 0 Å². The number of ether oxygens (including phenoxy) is 1. The Bertz CT molecular complexity index is 1050. The van der Waals surface area contributed by atoms with Crippen LogP contribution in [0.2, 0.25) is 0 Å². The van der Waals surface area contributed by atoms with E-state index in [0.717, 1.165) is 6.92 Å². The first kappa shape index (κ1) is 19.6. The van der Waals surface area contributed by atoms with E-state index >= 15 is 0 Å². The third-order valence-corrected chi connectivity index (χ3v) is 4.15. The van der Waals surface area contributed by atoms with E-state index in [9.17, 15) is 22.4 Å². The highest BCUT2D eigenvalue weighted by Crippen LogP contribution is 2.26. The van der Waals surface area contributed by atoms with E-state index in [-0.39, 0.29) is 17.1 Å².